The Labute approximate surface area is 93.2 Å². The average molecular weight is 223 g/mol. The maximum atomic E-state index is 12.9. The normalized spacial score (nSPS) is 20.4. The van der Waals surface area contributed by atoms with E-state index >= 15 is 0 Å². The summed E-state index contributed by atoms with van der Waals surface area (Å²) in [6, 6.07) is 5.62. The number of rotatable bonds is 2. The predicted molar refractivity (Wildman–Crippen MR) is 59.7 cm³/mol. The van der Waals surface area contributed by atoms with E-state index in [-0.39, 0.29) is 17.8 Å². The molecule has 1 unspecified atom stereocenters. The third-order valence-corrected chi connectivity index (χ3v) is 2.45. The number of benzene rings is 1. The zero-order valence-corrected chi connectivity index (χ0v) is 8.79. The van der Waals surface area contributed by atoms with Crippen molar-refractivity contribution in [3.05, 3.63) is 30.1 Å². The molecule has 1 saturated heterocycles. The number of halogens is 1. The van der Waals surface area contributed by atoms with Crippen molar-refractivity contribution in [3.63, 3.8) is 0 Å². The molecule has 0 spiro atoms. The lowest BCUT2D eigenvalue weighted by Crippen LogP contribution is -2.54. The predicted octanol–water partition coefficient (Wildman–Crippen LogP) is 0.326. The molecule has 3 N–H and O–H groups in total. The molecule has 1 aromatic rings. The first kappa shape index (κ1) is 11.0. The van der Waals surface area contributed by atoms with Gasteiger partial charge in [-0.05, 0) is 18.2 Å². The molecule has 0 aromatic heterocycles. The van der Waals surface area contributed by atoms with Gasteiger partial charge in [-0.25, -0.2) is 4.39 Å². The Morgan fingerprint density at radius 3 is 3.00 bits per heavy atom. The number of hydrogen-bond acceptors (Lipinski definition) is 3. The number of nitrogens with one attached hydrogen (secondary N) is 3. The minimum absolute atomic E-state index is 0.141. The first-order chi connectivity index (χ1) is 7.75. The fraction of sp³-hybridized carbons (Fsp3) is 0.364. The van der Waals surface area contributed by atoms with Crippen LogP contribution in [-0.2, 0) is 4.79 Å². The largest absolute Gasteiger partial charge is 0.325 e. The first-order valence-corrected chi connectivity index (χ1v) is 5.26. The standard InChI is InChI=1S/C11H14FN3O/c12-8-2-1-3-9(6-8)15-11(16)10-7-13-4-5-14-10/h1-3,6,10,13-14H,4-5,7H2,(H,15,16). The van der Waals surface area contributed by atoms with E-state index in [9.17, 15) is 9.18 Å². The average Bonchev–Trinajstić information content (AvgIpc) is 2.30. The van der Waals surface area contributed by atoms with Crippen LogP contribution in [0, 0.1) is 5.82 Å². The summed E-state index contributed by atoms with van der Waals surface area (Å²) >= 11 is 0. The van der Waals surface area contributed by atoms with Gasteiger partial charge in [0.05, 0.1) is 6.04 Å². The quantitative estimate of drug-likeness (QED) is 0.677. The van der Waals surface area contributed by atoms with Gasteiger partial charge in [0.15, 0.2) is 0 Å². The smallest absolute Gasteiger partial charge is 0.242 e. The van der Waals surface area contributed by atoms with E-state index in [0.717, 1.165) is 13.1 Å². The summed E-state index contributed by atoms with van der Waals surface area (Å²) in [5.74, 6) is -0.495. The van der Waals surface area contributed by atoms with E-state index in [1.807, 2.05) is 0 Å². The summed E-state index contributed by atoms with van der Waals surface area (Å²) in [5.41, 5.74) is 0.484. The highest BCUT2D eigenvalue weighted by molar-refractivity contribution is 5.95. The lowest BCUT2D eigenvalue weighted by molar-refractivity contribution is -0.118. The number of carbonyl (C=O) groups is 1. The number of hydrogen-bond donors (Lipinski definition) is 3. The van der Waals surface area contributed by atoms with Gasteiger partial charge < -0.3 is 16.0 Å². The van der Waals surface area contributed by atoms with Gasteiger partial charge in [-0.3, -0.25) is 4.79 Å². The molecule has 1 aliphatic rings. The number of amides is 1. The third-order valence-electron chi connectivity index (χ3n) is 2.45. The van der Waals surface area contributed by atoms with Crippen molar-refractivity contribution in [2.24, 2.45) is 0 Å². The van der Waals surface area contributed by atoms with E-state index in [1.54, 1.807) is 12.1 Å². The Kier molecular flexibility index (Phi) is 3.48. The molecular weight excluding hydrogens is 209 g/mol. The summed E-state index contributed by atoms with van der Waals surface area (Å²) in [5, 5.41) is 8.87. The number of anilines is 1. The molecule has 86 valence electrons. The first-order valence-electron chi connectivity index (χ1n) is 5.26. The molecule has 1 aromatic carbocycles. The van der Waals surface area contributed by atoms with Gasteiger partial charge in [0, 0.05) is 25.3 Å². The van der Waals surface area contributed by atoms with Gasteiger partial charge >= 0.3 is 0 Å². The highest BCUT2D eigenvalue weighted by atomic mass is 19.1. The van der Waals surface area contributed by atoms with Gasteiger partial charge in [-0.15, -0.1) is 0 Å². The molecule has 2 rings (SSSR count). The summed E-state index contributed by atoms with van der Waals surface area (Å²) in [4.78, 5) is 11.7. The Morgan fingerprint density at radius 1 is 1.44 bits per heavy atom. The van der Waals surface area contributed by atoms with E-state index in [0.29, 0.717) is 12.2 Å². The summed E-state index contributed by atoms with van der Waals surface area (Å²) in [6.45, 7) is 2.23. The molecule has 0 radical (unpaired) electrons. The fourth-order valence-electron chi connectivity index (χ4n) is 1.63. The highest BCUT2D eigenvalue weighted by Gasteiger charge is 2.19. The molecule has 1 fully saturated rings. The zero-order valence-electron chi connectivity index (χ0n) is 8.79. The van der Waals surface area contributed by atoms with E-state index in [4.69, 9.17) is 0 Å². The van der Waals surface area contributed by atoms with Crippen molar-refractivity contribution in [3.8, 4) is 0 Å². The van der Waals surface area contributed by atoms with Crippen LogP contribution in [0.15, 0.2) is 24.3 Å². The van der Waals surface area contributed by atoms with Crippen LogP contribution < -0.4 is 16.0 Å². The molecule has 1 atom stereocenters. The van der Waals surface area contributed by atoms with Gasteiger partial charge in [0.25, 0.3) is 0 Å². The van der Waals surface area contributed by atoms with Crippen molar-refractivity contribution in [2.45, 2.75) is 6.04 Å². The molecule has 4 nitrogen and oxygen atoms in total. The van der Waals surface area contributed by atoms with Crippen molar-refractivity contribution < 1.29 is 9.18 Å². The summed E-state index contributed by atoms with van der Waals surface area (Å²) < 4.78 is 12.9. The van der Waals surface area contributed by atoms with Crippen LogP contribution >= 0.6 is 0 Å². The maximum Gasteiger partial charge on any atom is 0.242 e. The maximum absolute atomic E-state index is 12.9. The minimum Gasteiger partial charge on any atom is -0.325 e. The second-order valence-electron chi connectivity index (χ2n) is 3.71. The third kappa shape index (κ3) is 2.77. The molecule has 16 heavy (non-hydrogen) atoms. The Hall–Kier alpha value is -1.46. The highest BCUT2D eigenvalue weighted by Crippen LogP contribution is 2.09. The van der Waals surface area contributed by atoms with Crippen LogP contribution in [0.25, 0.3) is 0 Å². The Balaban J connectivity index is 1.96. The van der Waals surface area contributed by atoms with Crippen molar-refractivity contribution in [1.82, 2.24) is 10.6 Å². The molecule has 1 heterocycles. The van der Waals surface area contributed by atoms with Crippen LogP contribution in [0.3, 0.4) is 0 Å². The van der Waals surface area contributed by atoms with Crippen molar-refractivity contribution in [1.29, 1.82) is 0 Å². The minimum atomic E-state index is -0.354. The molecule has 0 bridgehead atoms. The van der Waals surface area contributed by atoms with E-state index in [1.165, 1.54) is 12.1 Å². The molecular formula is C11H14FN3O. The summed E-state index contributed by atoms with van der Waals surface area (Å²) in [7, 11) is 0. The van der Waals surface area contributed by atoms with E-state index < -0.39 is 0 Å². The molecule has 1 amide bonds. The lowest BCUT2D eigenvalue weighted by atomic mass is 10.2. The van der Waals surface area contributed by atoms with Crippen LogP contribution in [-0.4, -0.2) is 31.6 Å². The molecule has 1 aliphatic heterocycles. The van der Waals surface area contributed by atoms with Gasteiger partial charge in [0.2, 0.25) is 5.91 Å². The number of piperazine rings is 1. The molecule has 5 heteroatoms. The van der Waals surface area contributed by atoms with Crippen LogP contribution in [0.1, 0.15) is 0 Å². The zero-order chi connectivity index (χ0) is 11.4. The van der Waals surface area contributed by atoms with Crippen LogP contribution in [0.5, 0.6) is 0 Å². The second kappa shape index (κ2) is 5.05. The lowest BCUT2D eigenvalue weighted by Gasteiger charge is -2.23. The topological polar surface area (TPSA) is 53.2 Å². The SMILES string of the molecule is O=C(Nc1cccc(F)c1)C1CNCCN1. The number of carbonyl (C=O) groups excluding carboxylic acids is 1. The summed E-state index contributed by atoms with van der Waals surface area (Å²) in [6.07, 6.45) is 0. The van der Waals surface area contributed by atoms with Crippen molar-refractivity contribution >= 4 is 11.6 Å². The Morgan fingerprint density at radius 2 is 2.31 bits per heavy atom. The van der Waals surface area contributed by atoms with Gasteiger partial charge in [-0.2, -0.15) is 0 Å². The van der Waals surface area contributed by atoms with Crippen LogP contribution in [0.4, 0.5) is 10.1 Å². The monoisotopic (exact) mass is 223 g/mol. The fourth-order valence-corrected chi connectivity index (χ4v) is 1.63. The van der Waals surface area contributed by atoms with Gasteiger partial charge in [-0.1, -0.05) is 6.07 Å². The van der Waals surface area contributed by atoms with Crippen molar-refractivity contribution in [2.75, 3.05) is 25.0 Å². The second-order valence-corrected chi connectivity index (χ2v) is 3.71. The van der Waals surface area contributed by atoms with E-state index in [2.05, 4.69) is 16.0 Å². The van der Waals surface area contributed by atoms with Gasteiger partial charge in [0.1, 0.15) is 5.82 Å². The van der Waals surface area contributed by atoms with Crippen LogP contribution in [0.2, 0.25) is 0 Å². The Bertz CT molecular complexity index is 377. The molecule has 0 saturated carbocycles. The molecule has 0 aliphatic carbocycles.